The standard InChI is InChI=1S/C39H48O7/c1-24(15-18-34(41)44-4)29-16-17-30-35-31(23-33(39(29,30)3)46-37(43)26-13-9-6-10-14-26)38(2)20-19-28(40)21-27(38)22-32(35)45-36(42)25-11-7-5-8-12-25/h5-14,24,27,29-33,35H,15-23H2,1-4H3/t24?,27-,29?,30?,31?,32?,33-,35?,38-,39+/m0/s1. The lowest BCUT2D eigenvalue weighted by atomic mass is 9.43. The van der Waals surface area contributed by atoms with Crippen LogP contribution < -0.4 is 0 Å². The number of carbonyl (C=O) groups excluding carboxylic acids is 4. The highest BCUT2D eigenvalue weighted by molar-refractivity contribution is 5.90. The highest BCUT2D eigenvalue weighted by Crippen LogP contribution is 2.69. The van der Waals surface area contributed by atoms with Crippen LogP contribution in [0, 0.1) is 46.3 Å². The maximum Gasteiger partial charge on any atom is 0.338 e. The normalized spacial score (nSPS) is 35.6. The van der Waals surface area contributed by atoms with Crippen molar-refractivity contribution < 1.29 is 33.4 Å². The molecule has 7 heteroatoms. The number of rotatable bonds is 8. The predicted octanol–water partition coefficient (Wildman–Crippen LogP) is 7.47. The van der Waals surface area contributed by atoms with Crippen molar-refractivity contribution >= 4 is 23.7 Å². The molecule has 6 unspecified atom stereocenters. The Morgan fingerprint density at radius 2 is 1.50 bits per heavy atom. The molecule has 0 radical (unpaired) electrons. The highest BCUT2D eigenvalue weighted by atomic mass is 16.6. The summed E-state index contributed by atoms with van der Waals surface area (Å²) in [6.07, 6.45) is 5.45. The second kappa shape index (κ2) is 13.0. The number of Topliss-reactive ketones (excluding diaryl/α,β-unsaturated/α-hetero) is 1. The number of methoxy groups -OCH3 is 1. The molecule has 4 fully saturated rings. The molecule has 4 aliphatic rings. The Bertz CT molecular complexity index is 1440. The number of hydrogen-bond acceptors (Lipinski definition) is 7. The van der Waals surface area contributed by atoms with Gasteiger partial charge < -0.3 is 14.2 Å². The second-order valence-electron chi connectivity index (χ2n) is 14.9. The molecule has 46 heavy (non-hydrogen) atoms. The lowest BCUT2D eigenvalue weighted by Gasteiger charge is -2.63. The summed E-state index contributed by atoms with van der Waals surface area (Å²) in [6.45, 7) is 6.83. The summed E-state index contributed by atoms with van der Waals surface area (Å²) in [5.74, 6) is 0.295. The largest absolute Gasteiger partial charge is 0.469 e. The summed E-state index contributed by atoms with van der Waals surface area (Å²) in [5.41, 5.74) is 0.554. The van der Waals surface area contributed by atoms with E-state index < -0.39 is 0 Å². The van der Waals surface area contributed by atoms with Gasteiger partial charge in [0.2, 0.25) is 0 Å². The van der Waals surface area contributed by atoms with Gasteiger partial charge in [0.25, 0.3) is 0 Å². The molecule has 0 saturated heterocycles. The van der Waals surface area contributed by atoms with E-state index in [1.807, 2.05) is 36.4 Å². The van der Waals surface area contributed by atoms with E-state index >= 15 is 0 Å². The minimum atomic E-state index is -0.383. The van der Waals surface area contributed by atoms with Crippen molar-refractivity contribution in [1.82, 2.24) is 0 Å². The van der Waals surface area contributed by atoms with Crippen LogP contribution in [0.2, 0.25) is 0 Å². The number of hydrogen-bond donors (Lipinski definition) is 0. The van der Waals surface area contributed by atoms with Gasteiger partial charge in [-0.15, -0.1) is 0 Å². The van der Waals surface area contributed by atoms with Crippen molar-refractivity contribution in [3.05, 3.63) is 71.8 Å². The molecule has 0 heterocycles. The Morgan fingerprint density at radius 3 is 2.13 bits per heavy atom. The van der Waals surface area contributed by atoms with E-state index in [4.69, 9.17) is 14.2 Å². The lowest BCUT2D eigenvalue weighted by molar-refractivity contribution is -0.201. The SMILES string of the molecule is COC(=O)CCC(C)C1CCC2C3C(OC(=O)c4ccccc4)C[C@@H]4CC(=O)CC[C@]4(C)C3C[C@H](OC(=O)c3ccccc3)[C@]12C. The Hall–Kier alpha value is -3.48. The van der Waals surface area contributed by atoms with Crippen LogP contribution in [-0.4, -0.2) is 43.0 Å². The van der Waals surface area contributed by atoms with Gasteiger partial charge >= 0.3 is 17.9 Å². The van der Waals surface area contributed by atoms with Gasteiger partial charge in [-0.25, -0.2) is 9.59 Å². The third kappa shape index (κ3) is 5.79. The van der Waals surface area contributed by atoms with Gasteiger partial charge in [0, 0.05) is 30.6 Å². The average molecular weight is 629 g/mol. The number of fused-ring (bicyclic) bond motifs is 5. The fourth-order valence-corrected chi connectivity index (χ4v) is 10.4. The van der Waals surface area contributed by atoms with Gasteiger partial charge in [-0.1, -0.05) is 57.2 Å². The zero-order valence-electron chi connectivity index (χ0n) is 27.6. The monoisotopic (exact) mass is 628 g/mol. The summed E-state index contributed by atoms with van der Waals surface area (Å²) in [7, 11) is 1.42. The smallest absolute Gasteiger partial charge is 0.338 e. The van der Waals surface area contributed by atoms with E-state index in [2.05, 4.69) is 20.8 Å². The Morgan fingerprint density at radius 1 is 0.870 bits per heavy atom. The molecule has 4 saturated carbocycles. The van der Waals surface area contributed by atoms with Crippen molar-refractivity contribution in [3.8, 4) is 0 Å². The van der Waals surface area contributed by atoms with Gasteiger partial charge in [0.1, 0.15) is 18.0 Å². The molecule has 2 aromatic rings. The molecule has 4 aliphatic carbocycles. The number of ether oxygens (including phenoxy) is 3. The molecule has 0 aromatic heterocycles. The van der Waals surface area contributed by atoms with Gasteiger partial charge in [-0.05, 0) is 97.8 Å². The first kappa shape index (κ1) is 32.5. The molecule has 2 aromatic carbocycles. The van der Waals surface area contributed by atoms with Crippen molar-refractivity contribution in [1.29, 1.82) is 0 Å². The topological polar surface area (TPSA) is 96.0 Å². The van der Waals surface area contributed by atoms with Crippen LogP contribution in [0.1, 0.15) is 99.3 Å². The number of esters is 3. The molecule has 7 nitrogen and oxygen atoms in total. The third-order valence-electron chi connectivity index (χ3n) is 12.9. The minimum absolute atomic E-state index is 0.0802. The zero-order valence-corrected chi connectivity index (χ0v) is 27.6. The van der Waals surface area contributed by atoms with Gasteiger partial charge in [-0.3, -0.25) is 9.59 Å². The highest BCUT2D eigenvalue weighted by Gasteiger charge is 2.67. The van der Waals surface area contributed by atoms with E-state index in [-0.39, 0.29) is 82.2 Å². The molecule has 6 rings (SSSR count). The Kier molecular flexibility index (Phi) is 9.15. The maximum atomic E-state index is 13.7. The molecule has 0 N–H and O–H groups in total. The molecule has 0 aliphatic heterocycles. The van der Waals surface area contributed by atoms with E-state index in [0.29, 0.717) is 49.7 Å². The third-order valence-corrected chi connectivity index (χ3v) is 12.9. The van der Waals surface area contributed by atoms with Crippen LogP contribution in [0.25, 0.3) is 0 Å². The summed E-state index contributed by atoms with van der Waals surface area (Å²) < 4.78 is 18.0. The van der Waals surface area contributed by atoms with Crippen molar-refractivity contribution in [3.63, 3.8) is 0 Å². The predicted molar refractivity (Wildman–Crippen MR) is 173 cm³/mol. The van der Waals surface area contributed by atoms with Crippen molar-refractivity contribution in [2.24, 2.45) is 46.3 Å². The van der Waals surface area contributed by atoms with Crippen LogP contribution >= 0.6 is 0 Å². The molecule has 0 amide bonds. The maximum absolute atomic E-state index is 13.7. The van der Waals surface area contributed by atoms with Crippen molar-refractivity contribution in [2.45, 2.75) is 90.8 Å². The fourth-order valence-electron chi connectivity index (χ4n) is 10.4. The molecule has 10 atom stereocenters. The van der Waals surface area contributed by atoms with Crippen LogP contribution in [0.4, 0.5) is 0 Å². The van der Waals surface area contributed by atoms with Gasteiger partial charge in [-0.2, -0.15) is 0 Å². The van der Waals surface area contributed by atoms with E-state index in [9.17, 15) is 19.2 Å². The first-order chi connectivity index (χ1) is 22.1. The van der Waals surface area contributed by atoms with Crippen LogP contribution in [0.3, 0.4) is 0 Å². The molecule has 246 valence electrons. The Labute approximate surface area is 272 Å². The lowest BCUT2D eigenvalue weighted by Crippen LogP contribution is -2.63. The van der Waals surface area contributed by atoms with E-state index in [1.165, 1.54) is 7.11 Å². The van der Waals surface area contributed by atoms with Crippen LogP contribution in [0.5, 0.6) is 0 Å². The zero-order chi connectivity index (χ0) is 32.6. The quantitative estimate of drug-likeness (QED) is 0.221. The minimum Gasteiger partial charge on any atom is -0.469 e. The van der Waals surface area contributed by atoms with Gasteiger partial charge in [0.15, 0.2) is 0 Å². The fraction of sp³-hybridized carbons (Fsp3) is 0.590. The average Bonchev–Trinajstić information content (AvgIpc) is 3.43. The van der Waals surface area contributed by atoms with E-state index in [0.717, 1.165) is 19.3 Å². The summed E-state index contributed by atoms with van der Waals surface area (Å²) in [5, 5.41) is 0. The molecule has 0 bridgehead atoms. The second-order valence-corrected chi connectivity index (χ2v) is 14.9. The summed E-state index contributed by atoms with van der Waals surface area (Å²) in [4.78, 5) is 52.2. The summed E-state index contributed by atoms with van der Waals surface area (Å²) >= 11 is 0. The van der Waals surface area contributed by atoms with Gasteiger partial charge in [0.05, 0.1) is 18.2 Å². The summed E-state index contributed by atoms with van der Waals surface area (Å²) in [6, 6.07) is 18.3. The Balaban J connectivity index is 1.39. The number of ketones is 1. The molecular weight excluding hydrogens is 580 g/mol. The first-order valence-corrected chi connectivity index (χ1v) is 17.2. The molecular formula is C39H48O7. The number of carbonyl (C=O) groups is 4. The number of benzene rings is 2. The molecule has 0 spiro atoms. The van der Waals surface area contributed by atoms with Crippen LogP contribution in [0.15, 0.2) is 60.7 Å². The van der Waals surface area contributed by atoms with Crippen LogP contribution in [-0.2, 0) is 23.8 Å². The van der Waals surface area contributed by atoms with E-state index in [1.54, 1.807) is 24.3 Å². The van der Waals surface area contributed by atoms with Crippen molar-refractivity contribution in [2.75, 3.05) is 7.11 Å². The first-order valence-electron chi connectivity index (χ1n) is 17.2.